The topological polar surface area (TPSA) is 12.0 Å². The van der Waals surface area contributed by atoms with Crippen molar-refractivity contribution < 1.29 is 0 Å². The van der Waals surface area contributed by atoms with Gasteiger partial charge in [-0.05, 0) is 35.2 Å². The Labute approximate surface area is 123 Å². The number of nitrogens with one attached hydrogen (secondary N) is 1. The average molecular weight is 292 g/mol. The molecule has 1 N–H and O–H groups in total. The summed E-state index contributed by atoms with van der Waals surface area (Å²) in [6, 6.07) is 14.4. The van der Waals surface area contributed by atoms with Gasteiger partial charge in [0.15, 0.2) is 0 Å². The monoisotopic (exact) mass is 291 g/mol. The lowest BCUT2D eigenvalue weighted by Crippen LogP contribution is -2.28. The van der Waals surface area contributed by atoms with Crippen LogP contribution in [-0.4, -0.2) is 6.54 Å². The van der Waals surface area contributed by atoms with E-state index in [2.05, 4.69) is 29.6 Å². The number of hydrogen-bond donors (Lipinski definition) is 1. The van der Waals surface area contributed by atoms with E-state index in [0.29, 0.717) is 16.0 Å². The molecule has 19 heavy (non-hydrogen) atoms. The molecular formula is C16H15Cl2N. The van der Waals surface area contributed by atoms with Gasteiger partial charge in [-0.1, -0.05) is 53.5 Å². The maximum absolute atomic E-state index is 6.00. The lowest BCUT2D eigenvalue weighted by molar-refractivity contribution is 0.536. The molecule has 1 atom stereocenters. The van der Waals surface area contributed by atoms with Crippen LogP contribution in [0.2, 0.25) is 10.0 Å². The third-order valence-electron chi connectivity index (χ3n) is 3.67. The summed E-state index contributed by atoms with van der Waals surface area (Å²) in [7, 11) is 0. The van der Waals surface area contributed by atoms with E-state index in [4.69, 9.17) is 23.2 Å². The second-order valence-corrected chi connectivity index (χ2v) is 5.79. The summed E-state index contributed by atoms with van der Waals surface area (Å²) in [5.41, 5.74) is 4.15. The highest BCUT2D eigenvalue weighted by atomic mass is 35.5. The lowest BCUT2D eigenvalue weighted by Gasteiger charge is -2.30. The number of benzene rings is 2. The highest BCUT2D eigenvalue weighted by Crippen LogP contribution is 2.34. The van der Waals surface area contributed by atoms with Gasteiger partial charge in [0.1, 0.15) is 0 Å². The zero-order valence-corrected chi connectivity index (χ0v) is 12.0. The Bertz CT molecular complexity index is 595. The van der Waals surface area contributed by atoms with Gasteiger partial charge in [-0.15, -0.1) is 0 Å². The molecule has 0 saturated heterocycles. The van der Waals surface area contributed by atoms with Gasteiger partial charge in [0.2, 0.25) is 0 Å². The van der Waals surface area contributed by atoms with E-state index in [1.165, 1.54) is 23.1 Å². The molecule has 3 heteroatoms. The van der Waals surface area contributed by atoms with Crippen LogP contribution in [0.5, 0.6) is 0 Å². The van der Waals surface area contributed by atoms with Crippen molar-refractivity contribution in [3.8, 4) is 0 Å². The summed E-state index contributed by atoms with van der Waals surface area (Å²) in [4.78, 5) is 0. The summed E-state index contributed by atoms with van der Waals surface area (Å²) < 4.78 is 0. The number of rotatable bonds is 4. The predicted molar refractivity (Wildman–Crippen MR) is 81.1 cm³/mol. The molecule has 0 aliphatic heterocycles. The van der Waals surface area contributed by atoms with Crippen molar-refractivity contribution in [1.29, 1.82) is 0 Å². The van der Waals surface area contributed by atoms with Gasteiger partial charge in [-0.2, -0.15) is 0 Å². The molecule has 2 aromatic rings. The standard InChI is InChI=1S/C16H15Cl2N/c17-15-6-5-11(7-16(15)18)9-19-10-13-8-12-3-1-2-4-14(12)13/h1-7,13,19H,8-10H2. The first kappa shape index (κ1) is 13.0. The normalized spacial score (nSPS) is 16.8. The Morgan fingerprint density at radius 3 is 2.68 bits per heavy atom. The molecule has 0 amide bonds. The van der Waals surface area contributed by atoms with Crippen molar-refractivity contribution >= 4 is 23.2 Å². The number of hydrogen-bond acceptors (Lipinski definition) is 1. The van der Waals surface area contributed by atoms with Gasteiger partial charge in [0.25, 0.3) is 0 Å². The average Bonchev–Trinajstić information content (AvgIpc) is 2.39. The molecule has 0 fully saturated rings. The molecule has 1 aliphatic carbocycles. The van der Waals surface area contributed by atoms with Crippen LogP contribution in [0.4, 0.5) is 0 Å². The second-order valence-electron chi connectivity index (χ2n) is 4.98. The van der Waals surface area contributed by atoms with Crippen LogP contribution in [0.25, 0.3) is 0 Å². The van der Waals surface area contributed by atoms with E-state index in [1.54, 1.807) is 0 Å². The first-order chi connectivity index (χ1) is 9.24. The number of halogens is 2. The zero-order chi connectivity index (χ0) is 13.2. The molecule has 3 rings (SSSR count). The Balaban J connectivity index is 1.53. The summed E-state index contributed by atoms with van der Waals surface area (Å²) in [5, 5.41) is 4.72. The largest absolute Gasteiger partial charge is 0.312 e. The second kappa shape index (κ2) is 5.54. The molecule has 1 nitrogen and oxygen atoms in total. The van der Waals surface area contributed by atoms with Crippen LogP contribution in [0, 0.1) is 0 Å². The minimum Gasteiger partial charge on any atom is -0.312 e. The molecule has 0 spiro atoms. The number of fused-ring (bicyclic) bond motifs is 1. The first-order valence-electron chi connectivity index (χ1n) is 6.46. The maximum atomic E-state index is 6.00. The summed E-state index contributed by atoms with van der Waals surface area (Å²) in [6.45, 7) is 1.84. The van der Waals surface area contributed by atoms with Crippen molar-refractivity contribution in [3.63, 3.8) is 0 Å². The molecule has 1 aliphatic rings. The fourth-order valence-electron chi connectivity index (χ4n) is 2.59. The van der Waals surface area contributed by atoms with Gasteiger partial charge in [-0.3, -0.25) is 0 Å². The van der Waals surface area contributed by atoms with E-state index < -0.39 is 0 Å². The van der Waals surface area contributed by atoms with E-state index in [-0.39, 0.29) is 0 Å². The Kier molecular flexibility index (Phi) is 3.79. The Morgan fingerprint density at radius 1 is 1.05 bits per heavy atom. The minimum absolute atomic E-state index is 0.610. The molecule has 0 bridgehead atoms. The van der Waals surface area contributed by atoms with Crippen molar-refractivity contribution in [3.05, 3.63) is 69.2 Å². The molecule has 0 radical (unpaired) electrons. The van der Waals surface area contributed by atoms with E-state index in [0.717, 1.165) is 13.1 Å². The van der Waals surface area contributed by atoms with E-state index >= 15 is 0 Å². The summed E-state index contributed by atoms with van der Waals surface area (Å²) in [6.07, 6.45) is 1.19. The fourth-order valence-corrected chi connectivity index (χ4v) is 2.91. The van der Waals surface area contributed by atoms with Crippen LogP contribution in [0.3, 0.4) is 0 Å². The molecule has 0 heterocycles. The smallest absolute Gasteiger partial charge is 0.0595 e. The minimum atomic E-state index is 0.610. The van der Waals surface area contributed by atoms with Crippen LogP contribution in [0.1, 0.15) is 22.6 Å². The zero-order valence-electron chi connectivity index (χ0n) is 10.5. The maximum Gasteiger partial charge on any atom is 0.0595 e. The van der Waals surface area contributed by atoms with Crippen LogP contribution in [-0.2, 0) is 13.0 Å². The van der Waals surface area contributed by atoms with Gasteiger partial charge in [0.05, 0.1) is 10.0 Å². The molecule has 0 saturated carbocycles. The van der Waals surface area contributed by atoms with Crippen molar-refractivity contribution in [2.75, 3.05) is 6.54 Å². The third kappa shape index (κ3) is 2.79. The van der Waals surface area contributed by atoms with E-state index in [1.807, 2.05) is 18.2 Å². The Morgan fingerprint density at radius 2 is 1.89 bits per heavy atom. The fraction of sp³-hybridized carbons (Fsp3) is 0.250. The highest BCUT2D eigenvalue weighted by Gasteiger charge is 2.24. The van der Waals surface area contributed by atoms with Gasteiger partial charge >= 0.3 is 0 Å². The SMILES string of the molecule is Clc1ccc(CNCC2Cc3ccccc32)cc1Cl. The van der Waals surface area contributed by atoms with E-state index in [9.17, 15) is 0 Å². The third-order valence-corrected chi connectivity index (χ3v) is 4.40. The molecular weight excluding hydrogens is 277 g/mol. The van der Waals surface area contributed by atoms with Crippen LogP contribution < -0.4 is 5.32 Å². The van der Waals surface area contributed by atoms with Crippen LogP contribution in [0.15, 0.2) is 42.5 Å². The first-order valence-corrected chi connectivity index (χ1v) is 7.22. The lowest BCUT2D eigenvalue weighted by atomic mass is 9.77. The highest BCUT2D eigenvalue weighted by molar-refractivity contribution is 6.42. The summed E-state index contributed by atoms with van der Waals surface area (Å²) in [5.74, 6) is 0.652. The quantitative estimate of drug-likeness (QED) is 0.879. The predicted octanol–water partition coefficient (Wildman–Crippen LogP) is 4.42. The molecule has 0 aromatic heterocycles. The van der Waals surface area contributed by atoms with Gasteiger partial charge in [0, 0.05) is 19.0 Å². The molecule has 1 unspecified atom stereocenters. The molecule has 98 valence electrons. The van der Waals surface area contributed by atoms with Crippen molar-refractivity contribution in [1.82, 2.24) is 5.32 Å². The van der Waals surface area contributed by atoms with Crippen molar-refractivity contribution in [2.45, 2.75) is 18.9 Å². The van der Waals surface area contributed by atoms with Crippen molar-refractivity contribution in [2.24, 2.45) is 0 Å². The molecule has 2 aromatic carbocycles. The Hall–Kier alpha value is -1.02. The van der Waals surface area contributed by atoms with Gasteiger partial charge in [-0.25, -0.2) is 0 Å². The van der Waals surface area contributed by atoms with Gasteiger partial charge < -0.3 is 5.32 Å². The summed E-state index contributed by atoms with van der Waals surface area (Å²) >= 11 is 11.9. The van der Waals surface area contributed by atoms with Crippen LogP contribution >= 0.6 is 23.2 Å².